The van der Waals surface area contributed by atoms with Gasteiger partial charge in [0.1, 0.15) is 12.1 Å². The number of carbonyl (C=O) groups is 2. The summed E-state index contributed by atoms with van der Waals surface area (Å²) < 4.78 is 17.6. The maximum atomic E-state index is 13.2. The number of esters is 1. The Morgan fingerprint density at radius 3 is 2.64 bits per heavy atom. The first-order valence-corrected chi connectivity index (χ1v) is 3.93. The minimum atomic E-state index is -0.648. The number of rotatable bonds is 2. The Kier molecular flexibility index (Phi) is 2.96. The summed E-state index contributed by atoms with van der Waals surface area (Å²) in [6, 6.07) is 2.38. The molecule has 1 rings (SSSR count). The van der Waals surface area contributed by atoms with Gasteiger partial charge in [-0.05, 0) is 24.6 Å². The van der Waals surface area contributed by atoms with Crippen molar-refractivity contribution in [3.8, 4) is 0 Å². The van der Waals surface area contributed by atoms with Crippen molar-refractivity contribution in [1.82, 2.24) is 0 Å². The highest BCUT2D eigenvalue weighted by Crippen LogP contribution is 2.15. The SMILES string of the molecule is COC(=O)c1cc(C=O)cc(F)c1C. The van der Waals surface area contributed by atoms with E-state index in [0.717, 1.165) is 6.07 Å². The molecule has 0 saturated carbocycles. The first-order chi connectivity index (χ1) is 6.60. The minimum absolute atomic E-state index is 0.0783. The average Bonchev–Trinajstić information content (AvgIpc) is 2.20. The van der Waals surface area contributed by atoms with E-state index in [0.29, 0.717) is 6.29 Å². The van der Waals surface area contributed by atoms with E-state index in [1.807, 2.05) is 0 Å². The zero-order chi connectivity index (χ0) is 10.7. The monoisotopic (exact) mass is 196 g/mol. The molecule has 74 valence electrons. The molecule has 0 unspecified atom stereocenters. The van der Waals surface area contributed by atoms with Crippen LogP contribution < -0.4 is 0 Å². The van der Waals surface area contributed by atoms with Crippen LogP contribution in [0.4, 0.5) is 4.39 Å². The molecule has 0 atom stereocenters. The van der Waals surface area contributed by atoms with Crippen LogP contribution >= 0.6 is 0 Å². The second kappa shape index (κ2) is 4.00. The summed E-state index contributed by atoms with van der Waals surface area (Å²) in [5.41, 5.74) is 0.380. The van der Waals surface area contributed by atoms with E-state index in [1.165, 1.54) is 20.1 Å². The predicted molar refractivity (Wildman–Crippen MR) is 47.9 cm³/mol. The van der Waals surface area contributed by atoms with Gasteiger partial charge in [-0.2, -0.15) is 0 Å². The van der Waals surface area contributed by atoms with Gasteiger partial charge in [0, 0.05) is 5.56 Å². The summed E-state index contributed by atoms with van der Waals surface area (Å²) in [4.78, 5) is 21.6. The molecule has 0 N–H and O–H groups in total. The summed E-state index contributed by atoms with van der Waals surface area (Å²) in [5, 5.41) is 0. The Morgan fingerprint density at radius 1 is 1.50 bits per heavy atom. The van der Waals surface area contributed by atoms with Crippen LogP contribution in [0.25, 0.3) is 0 Å². The van der Waals surface area contributed by atoms with Crippen LogP contribution in [0.3, 0.4) is 0 Å². The molecule has 0 aromatic heterocycles. The fourth-order valence-corrected chi connectivity index (χ4v) is 1.09. The molecule has 0 bridgehead atoms. The molecule has 0 saturated heterocycles. The molecule has 1 aromatic carbocycles. The van der Waals surface area contributed by atoms with E-state index in [1.54, 1.807) is 0 Å². The van der Waals surface area contributed by atoms with Crippen LogP contribution in [0.2, 0.25) is 0 Å². The van der Waals surface area contributed by atoms with Gasteiger partial charge < -0.3 is 4.74 Å². The second-order valence-corrected chi connectivity index (χ2v) is 2.78. The molecule has 0 aliphatic rings. The average molecular weight is 196 g/mol. The van der Waals surface area contributed by atoms with Gasteiger partial charge in [-0.15, -0.1) is 0 Å². The molecule has 14 heavy (non-hydrogen) atoms. The lowest BCUT2D eigenvalue weighted by Crippen LogP contribution is -2.06. The molecule has 0 heterocycles. The van der Waals surface area contributed by atoms with Gasteiger partial charge in [-0.1, -0.05) is 0 Å². The lowest BCUT2D eigenvalue weighted by atomic mass is 10.1. The van der Waals surface area contributed by atoms with Gasteiger partial charge in [0.2, 0.25) is 0 Å². The number of hydrogen-bond donors (Lipinski definition) is 0. The summed E-state index contributed by atoms with van der Waals surface area (Å²) in [6.07, 6.45) is 0.481. The summed E-state index contributed by atoms with van der Waals surface area (Å²) >= 11 is 0. The van der Waals surface area contributed by atoms with Crippen molar-refractivity contribution in [2.24, 2.45) is 0 Å². The van der Waals surface area contributed by atoms with Crippen molar-refractivity contribution in [3.05, 3.63) is 34.6 Å². The topological polar surface area (TPSA) is 43.4 Å². The number of ether oxygens (including phenoxy) is 1. The number of hydrogen-bond acceptors (Lipinski definition) is 3. The molecule has 0 spiro atoms. The number of aldehydes is 1. The van der Waals surface area contributed by atoms with Crippen LogP contribution in [0.5, 0.6) is 0 Å². The molecule has 0 fully saturated rings. The number of methoxy groups -OCH3 is 1. The lowest BCUT2D eigenvalue weighted by Gasteiger charge is -2.05. The van der Waals surface area contributed by atoms with Crippen molar-refractivity contribution >= 4 is 12.3 Å². The highest BCUT2D eigenvalue weighted by molar-refractivity contribution is 5.93. The summed E-state index contributed by atoms with van der Waals surface area (Å²) in [6.45, 7) is 1.45. The molecule has 0 aliphatic carbocycles. The van der Waals surface area contributed by atoms with Gasteiger partial charge in [0.25, 0.3) is 0 Å². The van der Waals surface area contributed by atoms with E-state index < -0.39 is 11.8 Å². The number of benzene rings is 1. The quantitative estimate of drug-likeness (QED) is 0.534. The van der Waals surface area contributed by atoms with Gasteiger partial charge >= 0.3 is 5.97 Å². The van der Waals surface area contributed by atoms with Crippen LogP contribution in [-0.2, 0) is 4.74 Å². The van der Waals surface area contributed by atoms with Crippen LogP contribution in [0.1, 0.15) is 26.3 Å². The highest BCUT2D eigenvalue weighted by Gasteiger charge is 2.13. The molecular weight excluding hydrogens is 187 g/mol. The standard InChI is InChI=1S/C10H9FO3/c1-6-8(10(13)14-2)3-7(5-12)4-9(6)11/h3-5H,1-2H3. The Hall–Kier alpha value is -1.71. The molecule has 0 radical (unpaired) electrons. The van der Waals surface area contributed by atoms with Crippen molar-refractivity contribution in [1.29, 1.82) is 0 Å². The molecule has 3 nitrogen and oxygen atoms in total. The summed E-state index contributed by atoms with van der Waals surface area (Å²) in [5.74, 6) is -1.24. The lowest BCUT2D eigenvalue weighted by molar-refractivity contribution is 0.0599. The minimum Gasteiger partial charge on any atom is -0.465 e. The van der Waals surface area contributed by atoms with E-state index in [9.17, 15) is 14.0 Å². The van der Waals surface area contributed by atoms with E-state index in [4.69, 9.17) is 0 Å². The third kappa shape index (κ3) is 1.79. The predicted octanol–water partition coefficient (Wildman–Crippen LogP) is 1.73. The molecule has 1 aromatic rings. The molecule has 0 amide bonds. The van der Waals surface area contributed by atoms with E-state index in [2.05, 4.69) is 4.74 Å². The highest BCUT2D eigenvalue weighted by atomic mass is 19.1. The van der Waals surface area contributed by atoms with Crippen molar-refractivity contribution in [2.75, 3.05) is 7.11 Å². The van der Waals surface area contributed by atoms with E-state index >= 15 is 0 Å². The molecule has 0 aliphatic heterocycles. The first kappa shape index (κ1) is 10.4. The number of carbonyl (C=O) groups excluding carboxylic acids is 2. The van der Waals surface area contributed by atoms with Gasteiger partial charge in [-0.25, -0.2) is 9.18 Å². The first-order valence-electron chi connectivity index (χ1n) is 3.93. The fourth-order valence-electron chi connectivity index (χ4n) is 1.09. The summed E-state index contributed by atoms with van der Waals surface area (Å²) in [7, 11) is 1.20. The fraction of sp³-hybridized carbons (Fsp3) is 0.200. The van der Waals surface area contributed by atoms with Crippen LogP contribution in [0, 0.1) is 12.7 Å². The second-order valence-electron chi connectivity index (χ2n) is 2.78. The zero-order valence-electron chi connectivity index (χ0n) is 7.83. The van der Waals surface area contributed by atoms with Gasteiger partial charge in [0.05, 0.1) is 12.7 Å². The number of halogens is 1. The molecule has 4 heteroatoms. The normalized spacial score (nSPS) is 9.64. The third-order valence-electron chi connectivity index (χ3n) is 1.91. The Labute approximate surface area is 80.5 Å². The zero-order valence-corrected chi connectivity index (χ0v) is 7.83. The van der Waals surface area contributed by atoms with Gasteiger partial charge in [0.15, 0.2) is 0 Å². The van der Waals surface area contributed by atoms with Crippen LogP contribution in [-0.4, -0.2) is 19.4 Å². The van der Waals surface area contributed by atoms with E-state index in [-0.39, 0.29) is 16.7 Å². The largest absolute Gasteiger partial charge is 0.465 e. The Morgan fingerprint density at radius 2 is 2.14 bits per heavy atom. The van der Waals surface area contributed by atoms with Crippen LogP contribution in [0.15, 0.2) is 12.1 Å². The Balaban J connectivity index is 3.33. The maximum Gasteiger partial charge on any atom is 0.338 e. The maximum absolute atomic E-state index is 13.2. The van der Waals surface area contributed by atoms with Crippen molar-refractivity contribution in [3.63, 3.8) is 0 Å². The van der Waals surface area contributed by atoms with Crippen molar-refractivity contribution in [2.45, 2.75) is 6.92 Å². The third-order valence-corrected chi connectivity index (χ3v) is 1.91. The van der Waals surface area contributed by atoms with Gasteiger partial charge in [-0.3, -0.25) is 4.79 Å². The Bertz CT molecular complexity index is 385. The van der Waals surface area contributed by atoms with Crippen molar-refractivity contribution < 1.29 is 18.7 Å². The smallest absolute Gasteiger partial charge is 0.338 e. The molecular formula is C10H9FO3.